The van der Waals surface area contributed by atoms with Crippen molar-refractivity contribution in [2.45, 2.75) is 44.6 Å². The monoisotopic (exact) mass is 170 g/mol. The Bertz CT molecular complexity index is 144. The maximum atomic E-state index is 9.40. The minimum atomic E-state index is 0.149. The molecule has 12 heavy (non-hydrogen) atoms. The fourth-order valence-electron chi connectivity index (χ4n) is 2.72. The Balaban J connectivity index is 2.04. The summed E-state index contributed by atoms with van der Waals surface area (Å²) >= 11 is 0. The van der Waals surface area contributed by atoms with E-state index in [0.717, 1.165) is 6.61 Å². The van der Waals surface area contributed by atoms with Crippen LogP contribution in [-0.4, -0.2) is 24.4 Å². The van der Waals surface area contributed by atoms with Gasteiger partial charge in [-0.1, -0.05) is 12.8 Å². The van der Waals surface area contributed by atoms with E-state index in [2.05, 4.69) is 0 Å². The largest absolute Gasteiger partial charge is 0.396 e. The van der Waals surface area contributed by atoms with Crippen LogP contribution in [0.2, 0.25) is 0 Å². The predicted molar refractivity (Wildman–Crippen MR) is 47.0 cm³/mol. The molecule has 2 aliphatic rings. The second kappa shape index (κ2) is 3.35. The number of hydrogen-bond acceptors (Lipinski definition) is 2. The van der Waals surface area contributed by atoms with Crippen LogP contribution in [0, 0.1) is 5.41 Å². The van der Waals surface area contributed by atoms with Crippen LogP contribution in [-0.2, 0) is 4.74 Å². The van der Waals surface area contributed by atoms with Gasteiger partial charge in [-0.25, -0.2) is 0 Å². The average Bonchev–Trinajstić information content (AvgIpc) is 2.76. The summed E-state index contributed by atoms with van der Waals surface area (Å²) in [4.78, 5) is 0. The fraction of sp³-hybridized carbons (Fsp3) is 1.00. The molecule has 1 aliphatic carbocycles. The van der Waals surface area contributed by atoms with Crippen molar-refractivity contribution in [2.24, 2.45) is 5.41 Å². The van der Waals surface area contributed by atoms with E-state index in [1.165, 1.54) is 38.5 Å². The first-order valence-corrected chi connectivity index (χ1v) is 5.10. The minimum Gasteiger partial charge on any atom is -0.396 e. The Labute approximate surface area is 73.9 Å². The second-order valence-electron chi connectivity index (χ2n) is 4.23. The van der Waals surface area contributed by atoms with Crippen molar-refractivity contribution < 1.29 is 9.84 Å². The van der Waals surface area contributed by atoms with Gasteiger partial charge in [0.1, 0.15) is 0 Å². The van der Waals surface area contributed by atoms with Gasteiger partial charge in [-0.2, -0.15) is 0 Å². The molecule has 2 heteroatoms. The van der Waals surface area contributed by atoms with E-state index < -0.39 is 0 Å². The van der Waals surface area contributed by atoms with Gasteiger partial charge < -0.3 is 9.84 Å². The van der Waals surface area contributed by atoms with E-state index in [0.29, 0.717) is 12.7 Å². The van der Waals surface area contributed by atoms with E-state index >= 15 is 0 Å². The van der Waals surface area contributed by atoms with Gasteiger partial charge in [0, 0.05) is 12.0 Å². The number of aliphatic hydroxyl groups excluding tert-OH is 1. The van der Waals surface area contributed by atoms with E-state index in [1.54, 1.807) is 0 Å². The highest BCUT2D eigenvalue weighted by molar-refractivity contribution is 4.92. The fourth-order valence-corrected chi connectivity index (χ4v) is 2.72. The van der Waals surface area contributed by atoms with Crippen LogP contribution in [0.1, 0.15) is 38.5 Å². The van der Waals surface area contributed by atoms with Crippen LogP contribution in [0.25, 0.3) is 0 Å². The molecule has 0 amide bonds. The lowest BCUT2D eigenvalue weighted by Gasteiger charge is -2.32. The van der Waals surface area contributed by atoms with Crippen molar-refractivity contribution >= 4 is 0 Å². The first-order chi connectivity index (χ1) is 5.87. The molecule has 70 valence electrons. The maximum absolute atomic E-state index is 9.40. The zero-order valence-corrected chi connectivity index (χ0v) is 7.59. The smallest absolute Gasteiger partial charge is 0.0654 e. The highest BCUT2D eigenvalue weighted by Gasteiger charge is 2.42. The molecule has 0 aromatic rings. The molecule has 0 spiro atoms. The van der Waals surface area contributed by atoms with Crippen LogP contribution in [0.5, 0.6) is 0 Å². The molecular formula is C10H18O2. The molecule has 1 atom stereocenters. The molecule has 1 heterocycles. The molecule has 1 saturated carbocycles. The number of ether oxygens (including phenoxy) is 1. The number of hydrogen-bond donors (Lipinski definition) is 1. The quantitative estimate of drug-likeness (QED) is 0.683. The standard InChI is InChI=1S/C10H18O2/c11-8-10(5-1-2-6-10)9-4-3-7-12-9/h9,11H,1-8H2. The Kier molecular flexibility index (Phi) is 2.37. The summed E-state index contributed by atoms with van der Waals surface area (Å²) in [5.41, 5.74) is 0.149. The van der Waals surface area contributed by atoms with Crippen molar-refractivity contribution in [3.63, 3.8) is 0 Å². The summed E-state index contributed by atoms with van der Waals surface area (Å²) in [6.45, 7) is 1.24. The van der Waals surface area contributed by atoms with Crippen molar-refractivity contribution in [1.82, 2.24) is 0 Å². The van der Waals surface area contributed by atoms with Crippen LogP contribution in [0.4, 0.5) is 0 Å². The normalized spacial score (nSPS) is 34.2. The van der Waals surface area contributed by atoms with Gasteiger partial charge >= 0.3 is 0 Å². The molecule has 1 aliphatic heterocycles. The summed E-state index contributed by atoms with van der Waals surface area (Å²) in [6, 6.07) is 0. The average molecular weight is 170 g/mol. The molecule has 0 radical (unpaired) electrons. The van der Waals surface area contributed by atoms with Gasteiger partial charge in [-0.3, -0.25) is 0 Å². The summed E-state index contributed by atoms with van der Waals surface area (Å²) < 4.78 is 5.67. The van der Waals surface area contributed by atoms with E-state index in [1.807, 2.05) is 0 Å². The SMILES string of the molecule is OCC1(C2CCCO2)CCCC1. The predicted octanol–water partition coefficient (Wildman–Crippen LogP) is 1.72. The zero-order chi connectivity index (χ0) is 8.44. The summed E-state index contributed by atoms with van der Waals surface area (Å²) in [6.07, 6.45) is 7.63. The second-order valence-corrected chi connectivity index (χ2v) is 4.23. The van der Waals surface area contributed by atoms with Crippen molar-refractivity contribution in [2.75, 3.05) is 13.2 Å². The van der Waals surface area contributed by atoms with Gasteiger partial charge in [0.05, 0.1) is 12.7 Å². The van der Waals surface area contributed by atoms with Gasteiger partial charge in [0.2, 0.25) is 0 Å². The first kappa shape index (κ1) is 8.52. The van der Waals surface area contributed by atoms with Gasteiger partial charge in [-0.15, -0.1) is 0 Å². The molecule has 2 fully saturated rings. The van der Waals surface area contributed by atoms with Gasteiger partial charge in [0.15, 0.2) is 0 Å². The molecule has 1 saturated heterocycles. The Hall–Kier alpha value is -0.0800. The molecule has 1 N–H and O–H groups in total. The molecule has 0 aromatic heterocycles. The number of rotatable bonds is 2. The van der Waals surface area contributed by atoms with Gasteiger partial charge in [-0.05, 0) is 25.7 Å². The van der Waals surface area contributed by atoms with E-state index in [-0.39, 0.29) is 5.41 Å². The lowest BCUT2D eigenvalue weighted by atomic mass is 9.80. The Morgan fingerprint density at radius 3 is 2.50 bits per heavy atom. The topological polar surface area (TPSA) is 29.5 Å². The maximum Gasteiger partial charge on any atom is 0.0654 e. The lowest BCUT2D eigenvalue weighted by Crippen LogP contribution is -2.35. The minimum absolute atomic E-state index is 0.149. The van der Waals surface area contributed by atoms with Crippen molar-refractivity contribution in [3.8, 4) is 0 Å². The van der Waals surface area contributed by atoms with Crippen molar-refractivity contribution in [3.05, 3.63) is 0 Å². The Morgan fingerprint density at radius 2 is 2.00 bits per heavy atom. The third-order valence-corrected chi connectivity index (χ3v) is 3.53. The Morgan fingerprint density at radius 1 is 1.25 bits per heavy atom. The lowest BCUT2D eigenvalue weighted by molar-refractivity contribution is -0.0306. The zero-order valence-electron chi connectivity index (χ0n) is 7.59. The van der Waals surface area contributed by atoms with Crippen LogP contribution < -0.4 is 0 Å². The molecule has 1 unspecified atom stereocenters. The molecule has 0 aromatic carbocycles. The number of aliphatic hydroxyl groups is 1. The van der Waals surface area contributed by atoms with Gasteiger partial charge in [0.25, 0.3) is 0 Å². The van der Waals surface area contributed by atoms with Crippen LogP contribution >= 0.6 is 0 Å². The van der Waals surface area contributed by atoms with E-state index in [9.17, 15) is 5.11 Å². The van der Waals surface area contributed by atoms with Crippen LogP contribution in [0.15, 0.2) is 0 Å². The summed E-state index contributed by atoms with van der Waals surface area (Å²) in [7, 11) is 0. The molecule has 0 bridgehead atoms. The highest BCUT2D eigenvalue weighted by atomic mass is 16.5. The van der Waals surface area contributed by atoms with E-state index in [4.69, 9.17) is 4.74 Å². The summed E-state index contributed by atoms with van der Waals surface area (Å²) in [5, 5.41) is 9.40. The molecule has 2 nitrogen and oxygen atoms in total. The third-order valence-electron chi connectivity index (χ3n) is 3.53. The molecular weight excluding hydrogens is 152 g/mol. The third kappa shape index (κ3) is 1.27. The molecule has 2 rings (SSSR count). The van der Waals surface area contributed by atoms with Crippen LogP contribution in [0.3, 0.4) is 0 Å². The highest BCUT2D eigenvalue weighted by Crippen LogP contribution is 2.44. The first-order valence-electron chi connectivity index (χ1n) is 5.10. The summed E-state index contributed by atoms with van der Waals surface area (Å²) in [5.74, 6) is 0. The van der Waals surface area contributed by atoms with Crippen molar-refractivity contribution in [1.29, 1.82) is 0 Å².